The average Bonchev–Trinajstić information content (AvgIpc) is 2.26. The van der Waals surface area contributed by atoms with Crippen molar-refractivity contribution in [1.82, 2.24) is 0 Å². The highest BCUT2D eigenvalue weighted by atomic mass is 79.9. The van der Waals surface area contributed by atoms with E-state index in [-0.39, 0.29) is 10.2 Å². The van der Waals surface area contributed by atoms with Gasteiger partial charge in [0, 0.05) is 11.4 Å². The lowest BCUT2D eigenvalue weighted by Crippen LogP contribution is -2.24. The summed E-state index contributed by atoms with van der Waals surface area (Å²) in [7, 11) is 0. The Balaban J connectivity index is 3.00. The molecule has 1 aromatic carbocycles. The molecule has 20 heavy (non-hydrogen) atoms. The highest BCUT2D eigenvalue weighted by molar-refractivity contribution is 9.24. The van der Waals surface area contributed by atoms with Crippen LogP contribution >= 0.6 is 78.3 Å². The number of hydrogen-bond donors (Lipinski definition) is 0. The van der Waals surface area contributed by atoms with Crippen LogP contribution in [0.1, 0.15) is 12.0 Å². The molecular formula is C11H8Br2Cl4N2O. The van der Waals surface area contributed by atoms with E-state index in [0.717, 1.165) is 0 Å². The summed E-state index contributed by atoms with van der Waals surface area (Å²) in [6.45, 7) is 1.76. The first-order chi connectivity index (χ1) is 9.13. The molecule has 1 rings (SSSR count). The second-order valence-corrected chi connectivity index (χ2v) is 9.38. The maximum atomic E-state index is 11.8. The second-order valence-electron chi connectivity index (χ2n) is 3.81. The van der Waals surface area contributed by atoms with E-state index in [1.165, 1.54) is 6.07 Å². The number of carbonyl (C=O) groups is 1. The lowest BCUT2D eigenvalue weighted by Gasteiger charge is -2.12. The Bertz CT molecular complexity index is 526. The van der Waals surface area contributed by atoms with E-state index >= 15 is 0 Å². The number of aryl methyl sites for hydroxylation is 1. The van der Waals surface area contributed by atoms with Gasteiger partial charge in [-0.25, -0.2) is 0 Å². The molecule has 0 bridgehead atoms. The molecule has 9 heteroatoms. The number of hydrogen-bond acceptors (Lipinski definition) is 3. The highest BCUT2D eigenvalue weighted by Crippen LogP contribution is 2.35. The molecule has 110 valence electrons. The van der Waals surface area contributed by atoms with Crippen molar-refractivity contribution in [2.45, 2.75) is 21.5 Å². The van der Waals surface area contributed by atoms with Crippen molar-refractivity contribution in [3.8, 4) is 0 Å². The summed E-state index contributed by atoms with van der Waals surface area (Å²) < 4.78 is -2.20. The van der Waals surface area contributed by atoms with Gasteiger partial charge in [-0.15, -0.1) is 5.11 Å². The molecule has 0 saturated heterocycles. The molecule has 3 nitrogen and oxygen atoms in total. The Labute approximate surface area is 153 Å². The minimum absolute atomic E-state index is 0.0549. The fourth-order valence-electron chi connectivity index (χ4n) is 1.25. The molecule has 0 aromatic heterocycles. The van der Waals surface area contributed by atoms with Crippen LogP contribution in [-0.4, -0.2) is 14.0 Å². The van der Waals surface area contributed by atoms with Gasteiger partial charge >= 0.3 is 0 Å². The van der Waals surface area contributed by atoms with Crippen LogP contribution in [0.15, 0.2) is 22.4 Å². The summed E-state index contributed by atoms with van der Waals surface area (Å²) >= 11 is 29.9. The number of Topliss-reactive ketones (excluding diaryl/α,β-unsaturated/α-hetero) is 1. The first-order valence-corrected chi connectivity index (χ1v) is 8.55. The number of nitrogens with zero attached hydrogens (tertiary/aromatic N) is 2. The molecule has 0 heterocycles. The third-order valence-corrected chi connectivity index (χ3v) is 3.90. The number of azo groups is 1. The summed E-state index contributed by atoms with van der Waals surface area (Å²) in [5, 5.41) is 8.31. The number of ketones is 1. The second kappa shape index (κ2) is 7.75. The fraction of sp³-hybridized carbons (Fsp3) is 0.364. The monoisotopic (exact) mass is 482 g/mol. The molecule has 0 unspecified atom stereocenters. The minimum atomic E-state index is -1.96. The van der Waals surface area contributed by atoms with Crippen molar-refractivity contribution in [1.29, 1.82) is 0 Å². The zero-order valence-corrected chi connectivity index (χ0v) is 16.2. The van der Waals surface area contributed by atoms with Crippen molar-refractivity contribution in [2.24, 2.45) is 10.2 Å². The molecule has 0 aliphatic heterocycles. The van der Waals surface area contributed by atoms with Crippen LogP contribution < -0.4 is 0 Å². The van der Waals surface area contributed by atoms with E-state index in [4.69, 9.17) is 46.4 Å². The Hall–Kier alpha value is 0.610. The molecule has 0 fully saturated rings. The van der Waals surface area contributed by atoms with Gasteiger partial charge in [-0.05, 0) is 24.6 Å². The van der Waals surface area contributed by atoms with Crippen molar-refractivity contribution in [2.75, 3.05) is 0 Å². The van der Waals surface area contributed by atoms with Gasteiger partial charge in [0.1, 0.15) is 5.69 Å². The summed E-state index contributed by atoms with van der Waals surface area (Å²) in [5.74, 6) is -0.494. The number of rotatable bonds is 5. The predicted octanol–water partition coefficient (Wildman–Crippen LogP) is 6.59. The quantitative estimate of drug-likeness (QED) is 0.263. The van der Waals surface area contributed by atoms with E-state index in [1.54, 1.807) is 13.0 Å². The van der Waals surface area contributed by atoms with E-state index in [0.29, 0.717) is 21.3 Å². The molecule has 0 aliphatic rings. The Morgan fingerprint density at radius 2 is 1.95 bits per heavy atom. The third-order valence-electron chi connectivity index (χ3n) is 2.17. The minimum Gasteiger partial charge on any atom is -0.294 e. The Kier molecular flexibility index (Phi) is 7.23. The molecule has 0 radical (unpaired) electrons. The summed E-state index contributed by atoms with van der Waals surface area (Å²) in [6.07, 6.45) is 0.0549. The Morgan fingerprint density at radius 3 is 2.45 bits per heavy atom. The number of alkyl halides is 4. The van der Waals surface area contributed by atoms with Crippen LogP contribution in [0.4, 0.5) is 5.69 Å². The SMILES string of the molecule is Cc1cc(Cl)cc(Cl)c1/N=N/C(Cl)(Cl)C(=O)CC(Br)Br. The fourth-order valence-corrected chi connectivity index (χ4v) is 2.70. The zero-order valence-electron chi connectivity index (χ0n) is 10.0. The molecule has 0 atom stereocenters. The van der Waals surface area contributed by atoms with Crippen molar-refractivity contribution >= 4 is 89.7 Å². The Morgan fingerprint density at radius 1 is 1.35 bits per heavy atom. The van der Waals surface area contributed by atoms with Crippen molar-refractivity contribution in [3.63, 3.8) is 0 Å². The van der Waals surface area contributed by atoms with E-state index in [1.807, 2.05) is 0 Å². The van der Waals surface area contributed by atoms with Crippen LogP contribution in [0.2, 0.25) is 10.0 Å². The third kappa shape index (κ3) is 5.43. The zero-order chi connectivity index (χ0) is 15.5. The summed E-state index contributed by atoms with van der Waals surface area (Å²) in [4.78, 5) is 11.8. The first-order valence-electron chi connectivity index (χ1n) is 5.21. The normalized spacial score (nSPS) is 12.4. The highest BCUT2D eigenvalue weighted by Gasteiger charge is 2.34. The van der Waals surface area contributed by atoms with Gasteiger partial charge in [-0.1, -0.05) is 78.3 Å². The summed E-state index contributed by atoms with van der Waals surface area (Å²) in [5.41, 5.74) is 1.06. The van der Waals surface area contributed by atoms with Gasteiger partial charge in [-0.2, -0.15) is 5.11 Å². The maximum Gasteiger partial charge on any atom is 0.286 e. The molecular weight excluding hydrogens is 478 g/mol. The molecule has 1 aromatic rings. The van der Waals surface area contributed by atoms with Crippen LogP contribution in [0.5, 0.6) is 0 Å². The predicted molar refractivity (Wildman–Crippen MR) is 91.4 cm³/mol. The van der Waals surface area contributed by atoms with Crippen LogP contribution in [0, 0.1) is 6.92 Å². The molecule has 0 N–H and O–H groups in total. The van der Waals surface area contributed by atoms with E-state index < -0.39 is 10.2 Å². The number of carbonyl (C=O) groups excluding carboxylic acids is 1. The topological polar surface area (TPSA) is 41.8 Å². The van der Waals surface area contributed by atoms with Gasteiger partial charge in [0.2, 0.25) is 0 Å². The van der Waals surface area contributed by atoms with Crippen LogP contribution in [0.3, 0.4) is 0 Å². The lowest BCUT2D eigenvalue weighted by molar-refractivity contribution is -0.119. The summed E-state index contributed by atoms with van der Waals surface area (Å²) in [6, 6.07) is 3.18. The van der Waals surface area contributed by atoms with Crippen LogP contribution in [0.25, 0.3) is 0 Å². The van der Waals surface area contributed by atoms with Gasteiger partial charge in [0.05, 0.1) is 8.76 Å². The smallest absolute Gasteiger partial charge is 0.286 e. The largest absolute Gasteiger partial charge is 0.294 e. The van der Waals surface area contributed by atoms with Crippen molar-refractivity contribution in [3.05, 3.63) is 27.7 Å². The number of halogens is 6. The van der Waals surface area contributed by atoms with Crippen molar-refractivity contribution < 1.29 is 4.79 Å². The van der Waals surface area contributed by atoms with Crippen LogP contribution in [-0.2, 0) is 4.79 Å². The van der Waals surface area contributed by atoms with Gasteiger partial charge in [0.15, 0.2) is 5.78 Å². The van der Waals surface area contributed by atoms with E-state index in [2.05, 4.69) is 42.1 Å². The maximum absolute atomic E-state index is 11.8. The standard InChI is InChI=1S/C11H8Br2Cl4N2O/c1-5-2-6(14)3-7(15)10(5)18-19-11(16,17)8(20)4-9(12)13/h2-3,9H,4H2,1H3/b19-18+. The molecule has 0 spiro atoms. The molecule has 0 aliphatic carbocycles. The first kappa shape index (κ1) is 18.7. The van der Waals surface area contributed by atoms with Gasteiger partial charge in [0.25, 0.3) is 4.46 Å². The lowest BCUT2D eigenvalue weighted by atomic mass is 10.2. The molecule has 0 saturated carbocycles. The van der Waals surface area contributed by atoms with Gasteiger partial charge in [-0.3, -0.25) is 4.79 Å². The molecule has 0 amide bonds. The number of benzene rings is 1. The van der Waals surface area contributed by atoms with Gasteiger partial charge < -0.3 is 0 Å². The van der Waals surface area contributed by atoms with E-state index in [9.17, 15) is 4.79 Å². The average molecular weight is 486 g/mol.